The van der Waals surface area contributed by atoms with Crippen LogP contribution in [0.15, 0.2) is 0 Å². The first kappa shape index (κ1) is 14.3. The molecule has 1 fully saturated rings. The van der Waals surface area contributed by atoms with Gasteiger partial charge < -0.3 is 9.47 Å². The average Bonchev–Trinajstić information content (AvgIpc) is 2.26. The zero-order chi connectivity index (χ0) is 11.8. The van der Waals surface area contributed by atoms with Crippen LogP contribution >= 0.6 is 12.6 Å². The Morgan fingerprint density at radius 3 is 3.00 bits per heavy atom. The van der Waals surface area contributed by atoms with Crippen molar-refractivity contribution in [3.05, 3.63) is 0 Å². The quantitative estimate of drug-likeness (QED) is 0.549. The average molecular weight is 247 g/mol. The van der Waals surface area contributed by atoms with Crippen LogP contribution < -0.4 is 0 Å². The van der Waals surface area contributed by atoms with Gasteiger partial charge in [0.1, 0.15) is 0 Å². The van der Waals surface area contributed by atoms with Crippen LogP contribution in [-0.4, -0.2) is 49.8 Å². The van der Waals surface area contributed by atoms with Gasteiger partial charge in [-0.1, -0.05) is 13.8 Å². The smallest absolute Gasteiger partial charge is 0.0936 e. The van der Waals surface area contributed by atoms with Crippen molar-refractivity contribution in [3.63, 3.8) is 0 Å². The van der Waals surface area contributed by atoms with Crippen molar-refractivity contribution in [1.82, 2.24) is 4.90 Å². The van der Waals surface area contributed by atoms with Gasteiger partial charge in [-0.2, -0.15) is 12.6 Å². The Balaban J connectivity index is 2.12. The van der Waals surface area contributed by atoms with Crippen molar-refractivity contribution < 1.29 is 9.47 Å². The van der Waals surface area contributed by atoms with Gasteiger partial charge in [-0.25, -0.2) is 0 Å². The van der Waals surface area contributed by atoms with Crippen LogP contribution in [0.5, 0.6) is 0 Å². The Morgan fingerprint density at radius 2 is 2.31 bits per heavy atom. The molecule has 1 saturated heterocycles. The number of hydrogen-bond acceptors (Lipinski definition) is 4. The zero-order valence-corrected chi connectivity index (χ0v) is 11.4. The molecule has 0 spiro atoms. The first-order chi connectivity index (χ1) is 7.72. The van der Waals surface area contributed by atoms with Gasteiger partial charge in [0, 0.05) is 13.1 Å². The number of morpholine rings is 1. The zero-order valence-electron chi connectivity index (χ0n) is 10.5. The summed E-state index contributed by atoms with van der Waals surface area (Å²) in [6.45, 7) is 9.33. The molecular weight excluding hydrogens is 222 g/mol. The lowest BCUT2D eigenvalue weighted by atomic mass is 10.1. The van der Waals surface area contributed by atoms with Crippen molar-refractivity contribution in [1.29, 1.82) is 0 Å². The molecule has 1 aliphatic rings. The van der Waals surface area contributed by atoms with Crippen LogP contribution in [0.2, 0.25) is 0 Å². The van der Waals surface area contributed by atoms with E-state index in [4.69, 9.17) is 9.47 Å². The fourth-order valence-corrected chi connectivity index (χ4v) is 2.10. The lowest BCUT2D eigenvalue weighted by Gasteiger charge is -2.32. The van der Waals surface area contributed by atoms with E-state index >= 15 is 0 Å². The molecule has 1 aliphatic heterocycles. The van der Waals surface area contributed by atoms with Gasteiger partial charge in [-0.3, -0.25) is 4.90 Å². The summed E-state index contributed by atoms with van der Waals surface area (Å²) in [5, 5.41) is 0. The third-order valence-corrected chi connectivity index (χ3v) is 3.06. The van der Waals surface area contributed by atoms with E-state index in [-0.39, 0.29) is 6.10 Å². The normalized spacial score (nSPS) is 22.9. The molecule has 0 N–H and O–H groups in total. The molecule has 0 amide bonds. The maximum Gasteiger partial charge on any atom is 0.0936 e. The first-order valence-corrected chi connectivity index (χ1v) is 6.88. The Bertz CT molecular complexity index is 178. The molecule has 1 atom stereocenters. The molecule has 96 valence electrons. The third kappa shape index (κ3) is 6.09. The number of thiol groups is 1. The van der Waals surface area contributed by atoms with Gasteiger partial charge in [0.25, 0.3) is 0 Å². The molecular formula is C12H25NO2S. The first-order valence-electron chi connectivity index (χ1n) is 6.25. The lowest BCUT2D eigenvalue weighted by Crippen LogP contribution is -2.44. The highest BCUT2D eigenvalue weighted by atomic mass is 32.1. The maximum absolute atomic E-state index is 5.64. The van der Waals surface area contributed by atoms with Gasteiger partial charge >= 0.3 is 0 Å². The molecule has 0 unspecified atom stereocenters. The second-order valence-electron chi connectivity index (χ2n) is 4.83. The molecule has 1 heterocycles. The summed E-state index contributed by atoms with van der Waals surface area (Å²) in [6, 6.07) is 0. The Hall–Kier alpha value is 0.230. The number of rotatable bonds is 7. The molecule has 0 saturated carbocycles. The molecule has 0 aromatic rings. The van der Waals surface area contributed by atoms with E-state index in [1.807, 2.05) is 0 Å². The summed E-state index contributed by atoms with van der Waals surface area (Å²) in [6.07, 6.45) is 2.84. The molecule has 0 aliphatic carbocycles. The SMILES string of the molecule is CC(C)CCCN1CCO[C@@H](COCS)C1. The van der Waals surface area contributed by atoms with Gasteiger partial charge in [0.2, 0.25) is 0 Å². The van der Waals surface area contributed by atoms with E-state index < -0.39 is 0 Å². The fraction of sp³-hybridized carbons (Fsp3) is 1.00. The van der Waals surface area contributed by atoms with Crippen molar-refractivity contribution in [2.75, 3.05) is 38.8 Å². The standard InChI is InChI=1S/C12H25NO2S/c1-11(2)4-3-5-13-6-7-15-12(8-13)9-14-10-16/h11-12,16H,3-10H2,1-2H3/t12-/m1/s1. The van der Waals surface area contributed by atoms with Gasteiger partial charge in [-0.15, -0.1) is 0 Å². The summed E-state index contributed by atoms with van der Waals surface area (Å²) in [5.41, 5.74) is 0. The van der Waals surface area contributed by atoms with Crippen LogP contribution in [0.4, 0.5) is 0 Å². The van der Waals surface area contributed by atoms with Gasteiger partial charge in [-0.05, 0) is 25.3 Å². The van der Waals surface area contributed by atoms with Crippen LogP contribution in [0.3, 0.4) is 0 Å². The Labute approximate surface area is 105 Å². The molecule has 1 rings (SSSR count). The summed E-state index contributed by atoms with van der Waals surface area (Å²) >= 11 is 4.03. The maximum atomic E-state index is 5.64. The minimum Gasteiger partial charge on any atom is -0.373 e. The molecule has 3 nitrogen and oxygen atoms in total. The monoisotopic (exact) mass is 247 g/mol. The second kappa shape index (κ2) is 8.34. The van der Waals surface area contributed by atoms with E-state index in [1.54, 1.807) is 0 Å². The molecule has 0 radical (unpaired) electrons. The minimum atomic E-state index is 0.236. The molecule has 0 aromatic heterocycles. The van der Waals surface area contributed by atoms with Crippen LogP contribution in [-0.2, 0) is 9.47 Å². The summed E-state index contributed by atoms with van der Waals surface area (Å²) in [7, 11) is 0. The van der Waals surface area contributed by atoms with E-state index in [0.29, 0.717) is 12.5 Å². The van der Waals surface area contributed by atoms with E-state index in [2.05, 4.69) is 31.4 Å². The van der Waals surface area contributed by atoms with E-state index in [1.165, 1.54) is 19.4 Å². The summed E-state index contributed by atoms with van der Waals surface area (Å²) in [5.74, 6) is 1.29. The predicted molar refractivity (Wildman–Crippen MR) is 70.1 cm³/mol. The number of nitrogens with zero attached hydrogens (tertiary/aromatic N) is 1. The van der Waals surface area contributed by atoms with Crippen LogP contribution in [0, 0.1) is 5.92 Å². The topological polar surface area (TPSA) is 21.7 Å². The van der Waals surface area contributed by atoms with Gasteiger partial charge in [0.05, 0.1) is 25.3 Å². The Morgan fingerprint density at radius 1 is 1.50 bits per heavy atom. The minimum absolute atomic E-state index is 0.236. The molecule has 4 heteroatoms. The highest BCUT2D eigenvalue weighted by molar-refractivity contribution is 7.80. The van der Waals surface area contributed by atoms with Crippen LogP contribution in [0.1, 0.15) is 26.7 Å². The van der Waals surface area contributed by atoms with Crippen LogP contribution in [0.25, 0.3) is 0 Å². The molecule has 0 bridgehead atoms. The molecule has 16 heavy (non-hydrogen) atoms. The predicted octanol–water partition coefficient (Wildman–Crippen LogP) is 2.03. The van der Waals surface area contributed by atoms with Crippen molar-refractivity contribution in [2.45, 2.75) is 32.8 Å². The highest BCUT2D eigenvalue weighted by Gasteiger charge is 2.19. The van der Waals surface area contributed by atoms with Crippen molar-refractivity contribution in [3.8, 4) is 0 Å². The second-order valence-corrected chi connectivity index (χ2v) is 5.09. The summed E-state index contributed by atoms with van der Waals surface area (Å²) < 4.78 is 10.9. The summed E-state index contributed by atoms with van der Waals surface area (Å²) in [4.78, 5) is 2.48. The molecule has 0 aromatic carbocycles. The Kier molecular flexibility index (Phi) is 7.45. The van der Waals surface area contributed by atoms with Crippen molar-refractivity contribution in [2.24, 2.45) is 5.92 Å². The van der Waals surface area contributed by atoms with E-state index in [9.17, 15) is 0 Å². The lowest BCUT2D eigenvalue weighted by molar-refractivity contribution is -0.0630. The third-order valence-electron chi connectivity index (χ3n) is 2.87. The number of ether oxygens (including phenoxy) is 2. The number of hydrogen-bond donors (Lipinski definition) is 1. The fourth-order valence-electron chi connectivity index (χ4n) is 1.99. The largest absolute Gasteiger partial charge is 0.373 e. The highest BCUT2D eigenvalue weighted by Crippen LogP contribution is 2.09. The van der Waals surface area contributed by atoms with Crippen molar-refractivity contribution >= 4 is 12.6 Å². The van der Waals surface area contributed by atoms with E-state index in [0.717, 1.165) is 25.6 Å². The van der Waals surface area contributed by atoms with Gasteiger partial charge in [0.15, 0.2) is 0 Å².